The molecule has 0 amide bonds. The summed E-state index contributed by atoms with van der Waals surface area (Å²) in [6.07, 6.45) is 2.46. The van der Waals surface area contributed by atoms with Crippen molar-refractivity contribution in [1.29, 1.82) is 0 Å². The summed E-state index contributed by atoms with van der Waals surface area (Å²) in [6.45, 7) is 6.98. The van der Waals surface area contributed by atoms with Crippen LogP contribution in [-0.2, 0) is 0 Å². The van der Waals surface area contributed by atoms with Gasteiger partial charge in [0.1, 0.15) is 11.5 Å². The molecule has 1 saturated heterocycles. The topological polar surface area (TPSA) is 40.2 Å². The van der Waals surface area contributed by atoms with Gasteiger partial charge in [0.05, 0.1) is 7.11 Å². The van der Waals surface area contributed by atoms with Crippen molar-refractivity contribution in [2.75, 3.05) is 27.0 Å². The Morgan fingerprint density at radius 3 is 2.36 bits per heavy atom. The summed E-state index contributed by atoms with van der Waals surface area (Å²) < 4.78 is 23.4. The van der Waals surface area contributed by atoms with Gasteiger partial charge in [0.2, 0.25) is 6.79 Å². The van der Waals surface area contributed by atoms with Crippen LogP contribution < -0.4 is 18.9 Å². The first-order valence-electron chi connectivity index (χ1n) is 10.1. The van der Waals surface area contributed by atoms with Crippen molar-refractivity contribution in [2.24, 2.45) is 5.92 Å². The normalized spacial score (nSPS) is 28.7. The Balaban J connectivity index is 1.64. The summed E-state index contributed by atoms with van der Waals surface area (Å²) in [7, 11) is 1.70. The molecule has 3 unspecified atom stereocenters. The number of rotatable bonds is 3. The van der Waals surface area contributed by atoms with Gasteiger partial charge in [-0.15, -0.1) is 0 Å². The summed E-state index contributed by atoms with van der Waals surface area (Å²) in [6, 6.07) is 12.5. The quantitative estimate of drug-likeness (QED) is 0.788. The van der Waals surface area contributed by atoms with E-state index in [1.54, 1.807) is 7.11 Å². The minimum Gasteiger partial charge on any atom is -0.497 e. The number of likely N-dealkylation sites (tertiary alicyclic amines) is 1. The molecule has 2 aromatic rings. The first-order valence-corrected chi connectivity index (χ1v) is 10.1. The Hall–Kier alpha value is -2.40. The maximum Gasteiger partial charge on any atom is 0.231 e. The minimum atomic E-state index is -0.359. The lowest BCUT2D eigenvalue weighted by molar-refractivity contribution is -0.114. The molecule has 3 aliphatic rings. The summed E-state index contributed by atoms with van der Waals surface area (Å²) in [5, 5.41) is 0. The third kappa shape index (κ3) is 2.64. The van der Waals surface area contributed by atoms with E-state index >= 15 is 0 Å². The number of hydrogen-bond acceptors (Lipinski definition) is 5. The first-order chi connectivity index (χ1) is 13.6. The number of benzene rings is 2. The standard InChI is InChI=1S/C23H27NO4/c1-15-22(16-6-8-17(25-3)9-7-16)18-12-20-21(27-14-26-20)13-19(18)28-23(15,2)24-10-4-5-11-24/h6-9,12-13,15,22H,4-5,10-11,14H2,1-3H3. The second-order valence-electron chi connectivity index (χ2n) is 8.13. The highest BCUT2D eigenvalue weighted by Gasteiger charge is 2.49. The average molecular weight is 381 g/mol. The zero-order valence-corrected chi connectivity index (χ0v) is 16.7. The SMILES string of the molecule is COc1ccc(C2c3cc4c(cc3OC(C)(N3CCCC3)C2C)OCO4)cc1. The van der Waals surface area contributed by atoms with Gasteiger partial charge >= 0.3 is 0 Å². The van der Waals surface area contributed by atoms with Crippen molar-refractivity contribution >= 4 is 0 Å². The fourth-order valence-corrected chi connectivity index (χ4v) is 4.96. The molecule has 0 N–H and O–H groups in total. The molecule has 3 aliphatic heterocycles. The van der Waals surface area contributed by atoms with E-state index in [1.807, 2.05) is 18.2 Å². The zero-order valence-electron chi connectivity index (χ0n) is 16.7. The van der Waals surface area contributed by atoms with Crippen molar-refractivity contribution in [3.8, 4) is 23.0 Å². The van der Waals surface area contributed by atoms with E-state index in [-0.39, 0.29) is 24.4 Å². The highest BCUT2D eigenvalue weighted by atomic mass is 16.7. The molecule has 0 spiro atoms. The monoisotopic (exact) mass is 381 g/mol. The minimum absolute atomic E-state index is 0.203. The molecule has 0 saturated carbocycles. The third-order valence-electron chi connectivity index (χ3n) is 6.71. The van der Waals surface area contributed by atoms with Crippen LogP contribution in [0.15, 0.2) is 36.4 Å². The lowest BCUT2D eigenvalue weighted by atomic mass is 9.74. The molecule has 3 heterocycles. The van der Waals surface area contributed by atoms with Crippen LogP contribution in [0, 0.1) is 5.92 Å². The number of methoxy groups -OCH3 is 1. The summed E-state index contributed by atoms with van der Waals surface area (Å²) in [5.41, 5.74) is 2.07. The molecule has 148 valence electrons. The number of hydrogen-bond donors (Lipinski definition) is 0. The second-order valence-corrected chi connectivity index (χ2v) is 8.13. The van der Waals surface area contributed by atoms with Crippen LogP contribution in [0.25, 0.3) is 0 Å². The lowest BCUT2D eigenvalue weighted by Gasteiger charge is -2.50. The molecule has 0 aliphatic carbocycles. The van der Waals surface area contributed by atoms with Crippen molar-refractivity contribution in [1.82, 2.24) is 4.90 Å². The van der Waals surface area contributed by atoms with Crippen molar-refractivity contribution in [3.63, 3.8) is 0 Å². The van der Waals surface area contributed by atoms with Crippen molar-refractivity contribution in [2.45, 2.75) is 38.3 Å². The Morgan fingerprint density at radius 1 is 1.00 bits per heavy atom. The van der Waals surface area contributed by atoms with Gasteiger partial charge in [0, 0.05) is 36.6 Å². The van der Waals surface area contributed by atoms with Crippen LogP contribution in [0.1, 0.15) is 43.7 Å². The van der Waals surface area contributed by atoms with Gasteiger partial charge in [-0.3, -0.25) is 4.90 Å². The largest absolute Gasteiger partial charge is 0.497 e. The molecular formula is C23H27NO4. The molecule has 28 heavy (non-hydrogen) atoms. The van der Waals surface area contributed by atoms with Crippen LogP contribution in [0.2, 0.25) is 0 Å². The van der Waals surface area contributed by atoms with Gasteiger partial charge in [-0.2, -0.15) is 0 Å². The van der Waals surface area contributed by atoms with E-state index in [0.717, 1.165) is 36.1 Å². The van der Waals surface area contributed by atoms with E-state index in [4.69, 9.17) is 18.9 Å². The average Bonchev–Trinajstić information content (AvgIpc) is 3.40. The Labute approximate surface area is 166 Å². The predicted molar refractivity (Wildman–Crippen MR) is 106 cm³/mol. The fraction of sp³-hybridized carbons (Fsp3) is 0.478. The van der Waals surface area contributed by atoms with E-state index in [1.165, 1.54) is 24.0 Å². The Morgan fingerprint density at radius 2 is 1.68 bits per heavy atom. The maximum absolute atomic E-state index is 6.70. The lowest BCUT2D eigenvalue weighted by Crippen LogP contribution is -2.57. The van der Waals surface area contributed by atoms with E-state index in [0.29, 0.717) is 0 Å². The van der Waals surface area contributed by atoms with Gasteiger partial charge in [-0.25, -0.2) is 0 Å². The fourth-order valence-electron chi connectivity index (χ4n) is 4.96. The summed E-state index contributed by atoms with van der Waals surface area (Å²) in [4.78, 5) is 2.50. The summed E-state index contributed by atoms with van der Waals surface area (Å²) in [5.74, 6) is 3.82. The Bertz CT molecular complexity index is 875. The van der Waals surface area contributed by atoms with Gasteiger partial charge in [0.25, 0.3) is 0 Å². The van der Waals surface area contributed by atoms with E-state index < -0.39 is 0 Å². The highest BCUT2D eigenvalue weighted by molar-refractivity contribution is 5.56. The molecule has 5 nitrogen and oxygen atoms in total. The highest BCUT2D eigenvalue weighted by Crippen LogP contribution is 2.53. The van der Waals surface area contributed by atoms with Crippen LogP contribution in [0.4, 0.5) is 0 Å². The second kappa shape index (κ2) is 6.59. The number of fused-ring (bicyclic) bond motifs is 2. The predicted octanol–water partition coefficient (Wildman–Crippen LogP) is 4.40. The summed E-state index contributed by atoms with van der Waals surface area (Å²) >= 11 is 0. The van der Waals surface area contributed by atoms with Crippen molar-refractivity contribution in [3.05, 3.63) is 47.5 Å². The maximum atomic E-state index is 6.70. The van der Waals surface area contributed by atoms with Gasteiger partial charge < -0.3 is 18.9 Å². The first kappa shape index (κ1) is 17.7. The Kier molecular flexibility index (Phi) is 4.16. The van der Waals surface area contributed by atoms with Crippen LogP contribution in [-0.4, -0.2) is 37.6 Å². The molecule has 0 radical (unpaired) electrons. The number of ether oxygens (including phenoxy) is 4. The number of nitrogens with zero attached hydrogens (tertiary/aromatic N) is 1. The molecule has 0 aromatic heterocycles. The van der Waals surface area contributed by atoms with E-state index in [9.17, 15) is 0 Å². The molecule has 1 fully saturated rings. The smallest absolute Gasteiger partial charge is 0.231 e. The third-order valence-corrected chi connectivity index (χ3v) is 6.71. The van der Waals surface area contributed by atoms with E-state index in [2.05, 4.69) is 36.9 Å². The molecule has 5 rings (SSSR count). The molecule has 0 bridgehead atoms. The van der Waals surface area contributed by atoms with Crippen molar-refractivity contribution < 1.29 is 18.9 Å². The molecule has 3 atom stereocenters. The molecule has 5 heteroatoms. The van der Waals surface area contributed by atoms with Gasteiger partial charge in [0.15, 0.2) is 17.2 Å². The van der Waals surface area contributed by atoms with Gasteiger partial charge in [-0.1, -0.05) is 19.1 Å². The van der Waals surface area contributed by atoms with Crippen LogP contribution in [0.3, 0.4) is 0 Å². The molecular weight excluding hydrogens is 354 g/mol. The van der Waals surface area contributed by atoms with Crippen LogP contribution >= 0.6 is 0 Å². The molecule has 2 aromatic carbocycles. The van der Waals surface area contributed by atoms with Gasteiger partial charge in [-0.05, 0) is 43.5 Å². The van der Waals surface area contributed by atoms with Crippen LogP contribution in [0.5, 0.6) is 23.0 Å². The zero-order chi connectivity index (χ0) is 19.3.